The molecule has 0 unspecified atom stereocenters. The van der Waals surface area contributed by atoms with Crippen molar-refractivity contribution in [1.82, 2.24) is 19.9 Å². The fourth-order valence-electron chi connectivity index (χ4n) is 3.88. The van der Waals surface area contributed by atoms with Gasteiger partial charge in [0.25, 0.3) is 6.43 Å². The Bertz CT molecular complexity index is 1290. The molecule has 1 N–H and O–H groups in total. The van der Waals surface area contributed by atoms with Gasteiger partial charge in [-0.1, -0.05) is 0 Å². The van der Waals surface area contributed by atoms with Gasteiger partial charge in [0.15, 0.2) is 0 Å². The number of hydrogen-bond acceptors (Lipinski definition) is 6. The topological polar surface area (TPSA) is 81.5 Å². The lowest BCUT2D eigenvalue weighted by atomic mass is 10.0. The molecule has 36 heavy (non-hydrogen) atoms. The average molecular weight is 574 g/mol. The van der Waals surface area contributed by atoms with E-state index in [9.17, 15) is 22.4 Å². The van der Waals surface area contributed by atoms with E-state index in [1.165, 1.54) is 29.1 Å². The van der Waals surface area contributed by atoms with Gasteiger partial charge in [0.1, 0.15) is 29.3 Å². The van der Waals surface area contributed by atoms with Crippen molar-refractivity contribution >= 4 is 38.9 Å². The number of aryl methyl sites for hydroxylation is 1. The Labute approximate surface area is 212 Å². The van der Waals surface area contributed by atoms with Crippen LogP contribution in [0, 0.1) is 6.92 Å². The zero-order chi connectivity index (χ0) is 26.4. The molecule has 0 bridgehead atoms. The van der Waals surface area contributed by atoms with Crippen LogP contribution in [0.1, 0.15) is 38.3 Å². The number of ether oxygens (including phenoxy) is 2. The van der Waals surface area contributed by atoms with Crippen LogP contribution in [-0.4, -0.2) is 52.0 Å². The van der Waals surface area contributed by atoms with Gasteiger partial charge < -0.3 is 19.7 Å². The van der Waals surface area contributed by atoms with Crippen LogP contribution in [0.3, 0.4) is 0 Å². The highest BCUT2D eigenvalue weighted by molar-refractivity contribution is 9.10. The van der Waals surface area contributed by atoms with Crippen molar-refractivity contribution in [3.05, 3.63) is 40.1 Å². The molecule has 0 radical (unpaired) electrons. The quantitative estimate of drug-likeness (QED) is 0.378. The first-order valence-corrected chi connectivity index (χ1v) is 11.8. The minimum atomic E-state index is -3.03. The normalized spacial score (nSPS) is 14.5. The van der Waals surface area contributed by atoms with Gasteiger partial charge in [-0.25, -0.2) is 23.5 Å². The molecule has 0 saturated carbocycles. The summed E-state index contributed by atoms with van der Waals surface area (Å²) in [6.45, 7) is 4.28. The van der Waals surface area contributed by atoms with E-state index in [0.29, 0.717) is 21.1 Å². The monoisotopic (exact) mass is 573 g/mol. The Morgan fingerprint density at radius 1 is 1.19 bits per heavy atom. The first-order valence-electron chi connectivity index (χ1n) is 11.0. The molecule has 0 aliphatic carbocycles. The third-order valence-corrected chi connectivity index (χ3v) is 6.04. The number of amides is 1. The molecule has 1 aromatic carbocycles. The van der Waals surface area contributed by atoms with E-state index in [1.807, 2.05) is 0 Å². The first-order chi connectivity index (χ1) is 16.8. The minimum Gasteiger partial charge on any atom is -0.444 e. The molecule has 1 aliphatic heterocycles. The second-order valence-corrected chi connectivity index (χ2v) is 10.2. The third-order valence-electron chi connectivity index (χ3n) is 5.42. The Morgan fingerprint density at radius 3 is 2.50 bits per heavy atom. The first kappa shape index (κ1) is 26.0. The van der Waals surface area contributed by atoms with Gasteiger partial charge in [-0.3, -0.25) is 4.57 Å². The van der Waals surface area contributed by atoms with Crippen LogP contribution < -0.4 is 15.0 Å². The van der Waals surface area contributed by atoms with Crippen LogP contribution in [-0.2, 0) is 4.74 Å². The predicted molar refractivity (Wildman–Crippen MR) is 128 cm³/mol. The molecule has 0 spiro atoms. The van der Waals surface area contributed by atoms with E-state index in [-0.39, 0.29) is 42.1 Å². The van der Waals surface area contributed by atoms with E-state index >= 15 is 0 Å². The van der Waals surface area contributed by atoms with Crippen LogP contribution in [0.15, 0.2) is 29.0 Å². The molecule has 13 heteroatoms. The maximum atomic E-state index is 14.0. The summed E-state index contributed by atoms with van der Waals surface area (Å²) < 4.78 is 65.2. The van der Waals surface area contributed by atoms with Crippen molar-refractivity contribution < 1.29 is 31.8 Å². The number of alkyl carbamates (subject to hydrolysis) is 1. The summed E-state index contributed by atoms with van der Waals surface area (Å²) in [4.78, 5) is 22.4. The molecule has 3 aromatic rings. The summed E-state index contributed by atoms with van der Waals surface area (Å²) in [6.07, 6.45) is -1.93. The van der Waals surface area contributed by atoms with E-state index in [0.717, 1.165) is 0 Å². The number of anilines is 1. The molecule has 1 fully saturated rings. The standard InChI is InChI=1S/C23H24BrF4N5O3/c1-11-5-17(33-10-29-14-6-13(24)16(7-15(14)33)35-21(27)28)31-20(18(11)19(25)26)32-8-12(9-32)30-22(34)36-23(2,3)4/h5-7,10,12,19,21H,8-9H2,1-4H3,(H,30,34). The smallest absolute Gasteiger partial charge is 0.407 e. The molecule has 1 aliphatic rings. The van der Waals surface area contributed by atoms with Crippen molar-refractivity contribution in [3.63, 3.8) is 0 Å². The maximum absolute atomic E-state index is 14.0. The number of benzene rings is 1. The van der Waals surface area contributed by atoms with Gasteiger partial charge in [0.05, 0.1) is 27.1 Å². The number of hydrogen-bond donors (Lipinski definition) is 1. The van der Waals surface area contributed by atoms with Gasteiger partial charge in [-0.05, 0) is 61.3 Å². The number of nitrogens with zero attached hydrogens (tertiary/aromatic N) is 4. The number of halogens is 5. The SMILES string of the molecule is Cc1cc(-n2cnc3cc(Br)c(OC(F)F)cc32)nc(N2CC(NC(=O)OC(C)(C)C)C2)c1C(F)F. The van der Waals surface area contributed by atoms with Gasteiger partial charge in [0, 0.05) is 19.2 Å². The molecule has 1 amide bonds. The molecule has 8 nitrogen and oxygen atoms in total. The van der Waals surface area contributed by atoms with Gasteiger partial charge in [-0.2, -0.15) is 8.78 Å². The van der Waals surface area contributed by atoms with E-state index in [2.05, 4.69) is 36.0 Å². The van der Waals surface area contributed by atoms with Crippen molar-refractivity contribution in [2.45, 2.75) is 52.4 Å². The summed E-state index contributed by atoms with van der Waals surface area (Å²) in [7, 11) is 0. The van der Waals surface area contributed by atoms with Crippen molar-refractivity contribution in [1.29, 1.82) is 0 Å². The van der Waals surface area contributed by atoms with E-state index in [1.54, 1.807) is 32.6 Å². The fourth-order valence-corrected chi connectivity index (χ4v) is 4.30. The second kappa shape index (κ2) is 9.75. The van der Waals surface area contributed by atoms with E-state index in [4.69, 9.17) is 4.74 Å². The zero-order valence-electron chi connectivity index (χ0n) is 19.9. The van der Waals surface area contributed by atoms with Crippen LogP contribution >= 0.6 is 15.9 Å². The molecule has 194 valence electrons. The predicted octanol–water partition coefficient (Wildman–Crippen LogP) is 5.74. The number of imidazole rings is 1. The van der Waals surface area contributed by atoms with Crippen LogP contribution in [0.5, 0.6) is 5.75 Å². The number of carbonyl (C=O) groups excluding carboxylic acids is 1. The second-order valence-electron chi connectivity index (χ2n) is 9.35. The molecular formula is C23H24BrF4N5O3. The number of rotatable bonds is 6. The highest BCUT2D eigenvalue weighted by Crippen LogP contribution is 2.36. The molecule has 4 rings (SSSR count). The summed E-state index contributed by atoms with van der Waals surface area (Å²) in [6, 6.07) is 4.09. The van der Waals surface area contributed by atoms with Crippen molar-refractivity contribution in [2.75, 3.05) is 18.0 Å². The Balaban J connectivity index is 1.65. The molecular weight excluding hydrogens is 550 g/mol. The van der Waals surface area contributed by atoms with Crippen molar-refractivity contribution in [3.8, 4) is 11.6 Å². The lowest BCUT2D eigenvalue weighted by molar-refractivity contribution is -0.0502. The number of aromatic nitrogens is 3. The lowest BCUT2D eigenvalue weighted by Crippen LogP contribution is -2.60. The van der Waals surface area contributed by atoms with Gasteiger partial charge in [-0.15, -0.1) is 0 Å². The fraction of sp³-hybridized carbons (Fsp3) is 0.435. The summed E-state index contributed by atoms with van der Waals surface area (Å²) in [5.41, 5.74) is 0.296. The number of pyridine rings is 1. The van der Waals surface area contributed by atoms with Crippen molar-refractivity contribution in [2.24, 2.45) is 0 Å². The summed E-state index contributed by atoms with van der Waals surface area (Å²) in [5, 5.41) is 2.72. The highest BCUT2D eigenvalue weighted by Gasteiger charge is 2.34. The number of fused-ring (bicyclic) bond motifs is 1. The average Bonchev–Trinajstić information content (AvgIpc) is 3.10. The summed E-state index contributed by atoms with van der Waals surface area (Å²) in [5.74, 6) is 0.257. The zero-order valence-corrected chi connectivity index (χ0v) is 21.4. The third kappa shape index (κ3) is 5.50. The van der Waals surface area contributed by atoms with Crippen LogP contribution in [0.2, 0.25) is 0 Å². The Morgan fingerprint density at radius 2 is 1.89 bits per heavy atom. The number of alkyl halides is 4. The van der Waals surface area contributed by atoms with E-state index < -0.39 is 24.7 Å². The molecule has 1 saturated heterocycles. The minimum absolute atomic E-state index is 0.0743. The highest BCUT2D eigenvalue weighted by atomic mass is 79.9. The number of carbonyl (C=O) groups is 1. The van der Waals surface area contributed by atoms with Gasteiger partial charge in [0.2, 0.25) is 0 Å². The largest absolute Gasteiger partial charge is 0.444 e. The maximum Gasteiger partial charge on any atom is 0.407 e. The number of nitrogens with one attached hydrogen (secondary N) is 1. The van der Waals surface area contributed by atoms with Crippen LogP contribution in [0.25, 0.3) is 16.9 Å². The summed E-state index contributed by atoms with van der Waals surface area (Å²) >= 11 is 3.18. The molecule has 0 atom stereocenters. The molecule has 3 heterocycles. The Kier molecular flexibility index (Phi) is 7.04. The lowest BCUT2D eigenvalue weighted by Gasteiger charge is -2.41. The van der Waals surface area contributed by atoms with Crippen LogP contribution in [0.4, 0.5) is 28.2 Å². The van der Waals surface area contributed by atoms with Gasteiger partial charge >= 0.3 is 12.7 Å². The Hall–Kier alpha value is -3.09. The molecule has 2 aromatic heterocycles.